The van der Waals surface area contributed by atoms with Gasteiger partial charge in [-0.3, -0.25) is 0 Å². The summed E-state index contributed by atoms with van der Waals surface area (Å²) in [6.07, 6.45) is 7.40. The lowest BCUT2D eigenvalue weighted by atomic mass is 10.1. The Balaban J connectivity index is 2.42. The molecule has 0 radical (unpaired) electrons. The summed E-state index contributed by atoms with van der Waals surface area (Å²) >= 11 is 0. The molecular weight excluding hydrogens is 140 g/mol. The Morgan fingerprint density at radius 3 is 2.82 bits per heavy atom. The van der Waals surface area contributed by atoms with E-state index in [-0.39, 0.29) is 6.10 Å². The summed E-state index contributed by atoms with van der Waals surface area (Å²) in [6.45, 7) is 0.643. The van der Waals surface area contributed by atoms with Crippen molar-refractivity contribution in [3.05, 3.63) is 23.8 Å². The molecular formula is C9H14O2. The zero-order valence-electron chi connectivity index (χ0n) is 7.04. The zero-order chi connectivity index (χ0) is 8.10. The van der Waals surface area contributed by atoms with E-state index in [0.717, 1.165) is 6.42 Å². The summed E-state index contributed by atoms with van der Waals surface area (Å²) < 4.78 is 10.3. The average Bonchev–Trinajstić information content (AvgIpc) is 2.52. The van der Waals surface area contributed by atoms with Crippen molar-refractivity contribution in [1.82, 2.24) is 0 Å². The fourth-order valence-electron chi connectivity index (χ4n) is 1.18. The summed E-state index contributed by atoms with van der Waals surface area (Å²) in [6, 6.07) is 0. The van der Waals surface area contributed by atoms with Crippen LogP contribution in [0.25, 0.3) is 0 Å². The van der Waals surface area contributed by atoms with Crippen LogP contribution in [0.5, 0.6) is 0 Å². The smallest absolute Gasteiger partial charge is 0.102 e. The van der Waals surface area contributed by atoms with E-state index in [9.17, 15) is 0 Å². The van der Waals surface area contributed by atoms with E-state index in [2.05, 4.69) is 18.2 Å². The average molecular weight is 154 g/mol. The highest BCUT2D eigenvalue weighted by Crippen LogP contribution is 2.16. The van der Waals surface area contributed by atoms with Crippen LogP contribution < -0.4 is 0 Å². The minimum absolute atomic E-state index is 0.134. The molecule has 0 aliphatic heterocycles. The second-order valence-corrected chi connectivity index (χ2v) is 2.55. The van der Waals surface area contributed by atoms with Gasteiger partial charge in [-0.25, -0.2) is 0 Å². The van der Waals surface area contributed by atoms with Crippen molar-refractivity contribution in [2.24, 2.45) is 0 Å². The van der Waals surface area contributed by atoms with Crippen LogP contribution in [0.15, 0.2) is 23.8 Å². The topological polar surface area (TPSA) is 18.5 Å². The summed E-state index contributed by atoms with van der Waals surface area (Å²) in [4.78, 5) is 0. The molecule has 0 saturated carbocycles. The number of hydrogen-bond donors (Lipinski definition) is 0. The Morgan fingerprint density at radius 1 is 1.55 bits per heavy atom. The molecule has 0 aromatic carbocycles. The normalized spacial score (nSPS) is 18.5. The second-order valence-electron chi connectivity index (χ2n) is 2.55. The molecule has 1 aliphatic rings. The Morgan fingerprint density at radius 2 is 2.36 bits per heavy atom. The highest BCUT2D eigenvalue weighted by molar-refractivity contribution is 5.26. The Bertz CT molecular complexity index is 170. The lowest BCUT2D eigenvalue weighted by Crippen LogP contribution is -2.19. The van der Waals surface area contributed by atoms with Gasteiger partial charge >= 0.3 is 0 Å². The van der Waals surface area contributed by atoms with Gasteiger partial charge in [0.2, 0.25) is 0 Å². The van der Waals surface area contributed by atoms with Gasteiger partial charge in [-0.05, 0) is 12.0 Å². The largest absolute Gasteiger partial charge is 0.382 e. The van der Waals surface area contributed by atoms with E-state index in [0.29, 0.717) is 6.61 Å². The van der Waals surface area contributed by atoms with Gasteiger partial charge in [-0.2, -0.15) is 0 Å². The molecule has 0 amide bonds. The second kappa shape index (κ2) is 4.31. The van der Waals surface area contributed by atoms with Gasteiger partial charge in [0.05, 0.1) is 6.61 Å². The molecule has 2 nitrogen and oxygen atoms in total. The molecule has 2 heteroatoms. The van der Waals surface area contributed by atoms with Gasteiger partial charge in [0.25, 0.3) is 0 Å². The summed E-state index contributed by atoms with van der Waals surface area (Å²) in [5, 5.41) is 0. The predicted octanol–water partition coefficient (Wildman–Crippen LogP) is 1.53. The molecule has 0 saturated heterocycles. The van der Waals surface area contributed by atoms with Crippen molar-refractivity contribution >= 4 is 0 Å². The number of ether oxygens (including phenoxy) is 2. The van der Waals surface area contributed by atoms with Crippen LogP contribution >= 0.6 is 0 Å². The molecule has 1 atom stereocenters. The fraction of sp³-hybridized carbons (Fsp3) is 0.556. The van der Waals surface area contributed by atoms with E-state index in [1.165, 1.54) is 5.57 Å². The van der Waals surface area contributed by atoms with Crippen molar-refractivity contribution in [3.8, 4) is 0 Å². The third-order valence-electron chi connectivity index (χ3n) is 1.82. The molecule has 0 spiro atoms. The Hall–Kier alpha value is -0.600. The molecule has 0 bridgehead atoms. The van der Waals surface area contributed by atoms with Crippen LogP contribution in [0.2, 0.25) is 0 Å². The highest BCUT2D eigenvalue weighted by atomic mass is 16.5. The molecule has 11 heavy (non-hydrogen) atoms. The van der Waals surface area contributed by atoms with Crippen molar-refractivity contribution in [2.45, 2.75) is 12.5 Å². The molecule has 0 aromatic heterocycles. The van der Waals surface area contributed by atoms with E-state index in [1.54, 1.807) is 14.2 Å². The van der Waals surface area contributed by atoms with Gasteiger partial charge < -0.3 is 9.47 Å². The first-order valence-corrected chi connectivity index (χ1v) is 3.75. The van der Waals surface area contributed by atoms with Crippen LogP contribution in [0.1, 0.15) is 6.42 Å². The fourth-order valence-corrected chi connectivity index (χ4v) is 1.18. The number of allylic oxidation sites excluding steroid dienone is 3. The minimum atomic E-state index is 0.134. The SMILES string of the molecule is COCC(OC)C1=CC=CC1. The molecule has 1 unspecified atom stereocenters. The maximum Gasteiger partial charge on any atom is 0.102 e. The summed E-state index contributed by atoms with van der Waals surface area (Å²) in [5.74, 6) is 0. The Labute approximate surface area is 67.5 Å². The van der Waals surface area contributed by atoms with Gasteiger partial charge in [0, 0.05) is 14.2 Å². The predicted molar refractivity (Wildman–Crippen MR) is 44.5 cm³/mol. The molecule has 0 aromatic rings. The van der Waals surface area contributed by atoms with Gasteiger partial charge in [-0.1, -0.05) is 18.2 Å². The van der Waals surface area contributed by atoms with Crippen LogP contribution in [-0.2, 0) is 9.47 Å². The monoisotopic (exact) mass is 154 g/mol. The van der Waals surface area contributed by atoms with E-state index in [4.69, 9.17) is 9.47 Å². The summed E-state index contributed by atoms with van der Waals surface area (Å²) in [7, 11) is 3.40. The highest BCUT2D eigenvalue weighted by Gasteiger charge is 2.12. The molecule has 1 rings (SSSR count). The first-order chi connectivity index (χ1) is 5.38. The third kappa shape index (κ3) is 2.17. The number of methoxy groups -OCH3 is 2. The van der Waals surface area contributed by atoms with E-state index < -0.39 is 0 Å². The van der Waals surface area contributed by atoms with E-state index >= 15 is 0 Å². The van der Waals surface area contributed by atoms with Crippen LogP contribution in [-0.4, -0.2) is 26.9 Å². The van der Waals surface area contributed by atoms with Gasteiger partial charge in [-0.15, -0.1) is 0 Å². The minimum Gasteiger partial charge on any atom is -0.382 e. The molecule has 0 heterocycles. The Kier molecular flexibility index (Phi) is 3.33. The molecule has 1 aliphatic carbocycles. The van der Waals surface area contributed by atoms with Crippen molar-refractivity contribution in [2.75, 3.05) is 20.8 Å². The summed E-state index contributed by atoms with van der Waals surface area (Å²) in [5.41, 5.74) is 1.30. The number of hydrogen-bond acceptors (Lipinski definition) is 2. The van der Waals surface area contributed by atoms with Crippen LogP contribution in [0.3, 0.4) is 0 Å². The van der Waals surface area contributed by atoms with E-state index in [1.807, 2.05) is 0 Å². The van der Waals surface area contributed by atoms with Crippen molar-refractivity contribution < 1.29 is 9.47 Å². The maximum atomic E-state index is 5.24. The van der Waals surface area contributed by atoms with Gasteiger partial charge in [0.1, 0.15) is 6.10 Å². The van der Waals surface area contributed by atoms with Crippen molar-refractivity contribution in [1.29, 1.82) is 0 Å². The quantitative estimate of drug-likeness (QED) is 0.611. The third-order valence-corrected chi connectivity index (χ3v) is 1.82. The van der Waals surface area contributed by atoms with Crippen LogP contribution in [0, 0.1) is 0 Å². The molecule has 0 N–H and O–H groups in total. The van der Waals surface area contributed by atoms with Gasteiger partial charge in [0.15, 0.2) is 0 Å². The lowest BCUT2D eigenvalue weighted by molar-refractivity contribution is 0.0496. The molecule has 62 valence electrons. The standard InChI is InChI=1S/C9H14O2/c1-10-7-9(11-2)8-5-3-4-6-8/h3-5,9H,6-7H2,1-2H3. The van der Waals surface area contributed by atoms with Crippen LogP contribution in [0.4, 0.5) is 0 Å². The lowest BCUT2D eigenvalue weighted by Gasteiger charge is -2.14. The number of rotatable bonds is 4. The van der Waals surface area contributed by atoms with Crippen molar-refractivity contribution in [3.63, 3.8) is 0 Å². The first kappa shape index (κ1) is 8.50. The maximum absolute atomic E-state index is 5.24. The first-order valence-electron chi connectivity index (χ1n) is 3.75. The molecule has 0 fully saturated rings. The zero-order valence-corrected chi connectivity index (χ0v) is 7.04.